The van der Waals surface area contributed by atoms with E-state index < -0.39 is 16.8 Å². The number of hydrogen-bond acceptors (Lipinski definition) is 8. The van der Waals surface area contributed by atoms with E-state index in [9.17, 15) is 24.5 Å². The highest BCUT2D eigenvalue weighted by molar-refractivity contribution is 9.10. The molecule has 2 amide bonds. The fraction of sp³-hybridized carbons (Fsp3) is 0.303. The van der Waals surface area contributed by atoms with Crippen molar-refractivity contribution in [2.45, 2.75) is 36.1 Å². The van der Waals surface area contributed by atoms with Crippen LogP contribution in [-0.2, 0) is 16.2 Å². The van der Waals surface area contributed by atoms with Gasteiger partial charge in [-0.05, 0) is 67.0 Å². The predicted molar refractivity (Wildman–Crippen MR) is 174 cm³/mol. The van der Waals surface area contributed by atoms with Crippen LogP contribution in [0.2, 0.25) is 0 Å². The van der Waals surface area contributed by atoms with Crippen LogP contribution in [0.3, 0.4) is 0 Å². The standard InChI is InChI=1S/C33H26BrN3O6S2/c1-15-2-4-16(5-3-15)14-43-23-11-6-17(34)12-20(23)24-25-21-13-22(28(25)44-30-29(24)45-33(40)35-30)27-26(21)31(38)36(32(27)39)18-7-9-19(10-8-18)37(41)42/h2-12,21-22,24-28H,13-14H2,1H3,(H,35,40)/t21-,22-,24?,25?,26?,27?,28?/m1/s1. The van der Waals surface area contributed by atoms with Gasteiger partial charge in [0.15, 0.2) is 0 Å². The molecule has 4 aliphatic rings. The lowest BCUT2D eigenvalue weighted by Gasteiger charge is -2.43. The topological polar surface area (TPSA) is 123 Å². The molecule has 1 N–H and O–H groups in total. The van der Waals surface area contributed by atoms with Crippen LogP contribution in [0.1, 0.15) is 33.9 Å². The third-order valence-electron chi connectivity index (χ3n) is 9.86. The molecular formula is C33H26BrN3O6S2. The molecule has 3 fully saturated rings. The highest BCUT2D eigenvalue weighted by Gasteiger charge is 2.69. The minimum absolute atomic E-state index is 0.00443. The van der Waals surface area contributed by atoms with Gasteiger partial charge >= 0.3 is 4.87 Å². The first-order chi connectivity index (χ1) is 21.7. The Hall–Kier alpha value is -3.74. The number of hydrogen-bond donors (Lipinski definition) is 1. The largest absolute Gasteiger partial charge is 0.489 e. The number of thioether (sulfide) groups is 1. The lowest BCUT2D eigenvalue weighted by atomic mass is 9.68. The molecule has 45 heavy (non-hydrogen) atoms. The first-order valence-electron chi connectivity index (χ1n) is 14.7. The van der Waals surface area contributed by atoms with E-state index >= 15 is 0 Å². The molecule has 2 bridgehead atoms. The predicted octanol–water partition coefficient (Wildman–Crippen LogP) is 6.67. The van der Waals surface area contributed by atoms with E-state index in [1.807, 2.05) is 31.2 Å². The number of non-ortho nitro benzene ring substituents is 1. The number of ether oxygens (including phenoxy) is 1. The summed E-state index contributed by atoms with van der Waals surface area (Å²) in [5.41, 5.74) is 3.43. The van der Waals surface area contributed by atoms with E-state index in [1.54, 1.807) is 11.8 Å². The normalized spacial score (nSPS) is 27.8. The zero-order chi connectivity index (χ0) is 31.1. The Morgan fingerprint density at radius 2 is 1.71 bits per heavy atom. The number of nitrogens with one attached hydrogen (secondary N) is 1. The lowest BCUT2D eigenvalue weighted by Crippen LogP contribution is -2.42. The molecule has 9 nitrogen and oxygen atoms in total. The number of H-pyrrole nitrogens is 1. The van der Waals surface area contributed by atoms with Gasteiger partial charge < -0.3 is 9.72 Å². The Balaban J connectivity index is 1.18. The summed E-state index contributed by atoms with van der Waals surface area (Å²) in [6, 6.07) is 19.8. The van der Waals surface area contributed by atoms with Crippen LogP contribution in [0.5, 0.6) is 5.75 Å². The van der Waals surface area contributed by atoms with Crippen molar-refractivity contribution in [3.05, 3.63) is 113 Å². The van der Waals surface area contributed by atoms with Gasteiger partial charge in [0.05, 0.1) is 27.5 Å². The second-order valence-electron chi connectivity index (χ2n) is 12.2. The Bertz CT molecular complexity index is 1940. The number of imide groups is 1. The number of fused-ring (bicyclic) bond motifs is 9. The Labute approximate surface area is 274 Å². The number of amides is 2. The number of nitrogens with zero attached hydrogens (tertiary/aromatic N) is 2. The van der Waals surface area contributed by atoms with Crippen molar-refractivity contribution in [1.29, 1.82) is 0 Å². The molecule has 7 atom stereocenters. The van der Waals surface area contributed by atoms with Crippen molar-refractivity contribution in [2.75, 3.05) is 4.90 Å². The summed E-state index contributed by atoms with van der Waals surface area (Å²) >= 11 is 6.50. The molecule has 2 aliphatic heterocycles. The van der Waals surface area contributed by atoms with Crippen LogP contribution in [0, 0.1) is 46.6 Å². The summed E-state index contributed by atoms with van der Waals surface area (Å²) in [5, 5.41) is 12.0. The van der Waals surface area contributed by atoms with E-state index in [4.69, 9.17) is 4.74 Å². The van der Waals surface area contributed by atoms with Crippen LogP contribution in [0.25, 0.3) is 0 Å². The van der Waals surface area contributed by atoms with Crippen LogP contribution in [0.15, 0.2) is 81.0 Å². The van der Waals surface area contributed by atoms with Gasteiger partial charge in [0.1, 0.15) is 12.4 Å². The van der Waals surface area contributed by atoms with Crippen molar-refractivity contribution < 1.29 is 19.2 Å². The van der Waals surface area contributed by atoms with Gasteiger partial charge in [0, 0.05) is 38.2 Å². The maximum Gasteiger partial charge on any atom is 0.305 e. The smallest absolute Gasteiger partial charge is 0.305 e. The fourth-order valence-corrected chi connectivity index (χ4v) is 11.3. The first kappa shape index (κ1) is 28.7. The molecule has 8 rings (SSSR count). The molecule has 5 unspecified atom stereocenters. The zero-order valence-electron chi connectivity index (χ0n) is 23.8. The molecule has 0 radical (unpaired) electrons. The number of carbonyl (C=O) groups excluding carboxylic acids is 2. The number of halogens is 1. The van der Waals surface area contributed by atoms with E-state index in [0.29, 0.717) is 12.3 Å². The Morgan fingerprint density at radius 3 is 2.42 bits per heavy atom. The second kappa shape index (κ2) is 10.7. The number of rotatable bonds is 6. The number of aryl methyl sites for hydroxylation is 1. The number of benzene rings is 3. The third-order valence-corrected chi connectivity index (χ3v) is 12.9. The number of carbonyl (C=O) groups is 2. The average molecular weight is 705 g/mol. The van der Waals surface area contributed by atoms with Crippen LogP contribution in [-0.4, -0.2) is 27.0 Å². The SMILES string of the molecule is Cc1ccc(COc2ccc(Br)cc2C2c3sc(=O)[nH]c3SC3C2[C@H]2C[C@@H]3C3C(=O)N(c4ccc([N+](=O)[O-])cc4)C(=O)C32)cc1. The molecular weight excluding hydrogens is 678 g/mol. The fourth-order valence-electron chi connectivity index (χ4n) is 8.08. The third kappa shape index (κ3) is 4.51. The van der Waals surface area contributed by atoms with Gasteiger partial charge in [-0.1, -0.05) is 57.1 Å². The van der Waals surface area contributed by atoms with Crippen LogP contribution < -0.4 is 14.5 Å². The minimum Gasteiger partial charge on any atom is -0.489 e. The summed E-state index contributed by atoms with van der Waals surface area (Å²) in [5.74, 6) is -1.02. The molecule has 2 saturated carbocycles. The Morgan fingerprint density at radius 1 is 1.00 bits per heavy atom. The number of aromatic nitrogens is 1. The molecule has 1 aromatic heterocycles. The van der Waals surface area contributed by atoms with Crippen molar-refractivity contribution >= 4 is 62.2 Å². The summed E-state index contributed by atoms with van der Waals surface area (Å²) in [4.78, 5) is 56.5. The Kier molecular flexibility index (Phi) is 6.81. The van der Waals surface area contributed by atoms with Gasteiger partial charge in [-0.15, -0.1) is 11.8 Å². The maximum atomic E-state index is 14.1. The molecule has 0 spiro atoms. The number of nitro benzene ring substituents is 1. The number of thiazole rings is 1. The van der Waals surface area contributed by atoms with E-state index in [1.165, 1.54) is 46.1 Å². The average Bonchev–Trinajstić information content (AvgIpc) is 3.76. The molecule has 3 aromatic carbocycles. The minimum atomic E-state index is -0.502. The maximum absolute atomic E-state index is 14.1. The number of anilines is 1. The van der Waals surface area contributed by atoms with Crippen molar-refractivity contribution in [3.8, 4) is 5.75 Å². The molecule has 1 saturated heterocycles. The molecule has 3 heterocycles. The van der Waals surface area contributed by atoms with Gasteiger partial charge in [0.25, 0.3) is 5.69 Å². The van der Waals surface area contributed by atoms with Crippen LogP contribution >= 0.6 is 39.0 Å². The van der Waals surface area contributed by atoms with Gasteiger partial charge in [-0.2, -0.15) is 0 Å². The number of aromatic amines is 1. The highest BCUT2D eigenvalue weighted by Crippen LogP contribution is 2.69. The summed E-state index contributed by atoms with van der Waals surface area (Å²) in [6.07, 6.45) is 0.756. The zero-order valence-corrected chi connectivity index (χ0v) is 27.1. The van der Waals surface area contributed by atoms with E-state index in [0.717, 1.165) is 37.7 Å². The highest BCUT2D eigenvalue weighted by atomic mass is 79.9. The summed E-state index contributed by atoms with van der Waals surface area (Å²) < 4.78 is 7.35. The molecule has 228 valence electrons. The van der Waals surface area contributed by atoms with Gasteiger partial charge in [-0.3, -0.25) is 29.4 Å². The van der Waals surface area contributed by atoms with E-state index in [2.05, 4.69) is 39.1 Å². The summed E-state index contributed by atoms with van der Waals surface area (Å²) in [6.45, 7) is 2.43. The quantitative estimate of drug-likeness (QED) is 0.135. The second-order valence-corrected chi connectivity index (χ2v) is 15.3. The van der Waals surface area contributed by atoms with E-state index in [-0.39, 0.29) is 51.3 Å². The molecule has 4 aromatic rings. The first-order valence-corrected chi connectivity index (χ1v) is 17.2. The van der Waals surface area contributed by atoms with Gasteiger partial charge in [0.2, 0.25) is 11.8 Å². The number of nitro groups is 1. The monoisotopic (exact) mass is 703 g/mol. The van der Waals surface area contributed by atoms with Crippen molar-refractivity contribution in [3.63, 3.8) is 0 Å². The summed E-state index contributed by atoms with van der Waals surface area (Å²) in [7, 11) is 0. The lowest BCUT2D eigenvalue weighted by molar-refractivity contribution is -0.384. The molecule has 2 aliphatic carbocycles. The van der Waals surface area contributed by atoms with Crippen LogP contribution in [0.4, 0.5) is 11.4 Å². The van der Waals surface area contributed by atoms with Gasteiger partial charge in [-0.25, -0.2) is 0 Å². The van der Waals surface area contributed by atoms with Crippen molar-refractivity contribution in [2.24, 2.45) is 29.6 Å². The molecule has 12 heteroatoms. The van der Waals surface area contributed by atoms with Crippen molar-refractivity contribution in [1.82, 2.24) is 4.98 Å².